The molecule has 1 aromatic carbocycles. The lowest BCUT2D eigenvalue weighted by molar-refractivity contribution is -0.869. The van der Waals surface area contributed by atoms with Gasteiger partial charge in [0.2, 0.25) is 0 Å². The molecule has 0 radical (unpaired) electrons. The lowest BCUT2D eigenvalue weighted by Crippen LogP contribution is -3.00. The van der Waals surface area contributed by atoms with Gasteiger partial charge in [0.15, 0.2) is 0 Å². The number of ether oxygens (including phenoxy) is 1. The van der Waals surface area contributed by atoms with Crippen molar-refractivity contribution in [2.45, 2.75) is 51.9 Å². The van der Waals surface area contributed by atoms with Crippen LogP contribution in [0.25, 0.3) is 0 Å². The van der Waals surface area contributed by atoms with Crippen LogP contribution < -0.4 is 34.0 Å². The van der Waals surface area contributed by atoms with Gasteiger partial charge in [0.1, 0.15) is 5.75 Å². The Bertz CT molecular complexity index is 484. The van der Waals surface area contributed by atoms with E-state index in [0.717, 1.165) is 29.8 Å². The van der Waals surface area contributed by atoms with Crippen LogP contribution in [0.15, 0.2) is 24.3 Å². The van der Waals surface area contributed by atoms with E-state index in [2.05, 4.69) is 33.4 Å². The van der Waals surface area contributed by atoms with E-state index in [4.69, 9.17) is 4.74 Å². The number of hydrogen-bond donors (Lipinski definition) is 1. The molecule has 1 aromatic rings. The van der Waals surface area contributed by atoms with Crippen molar-refractivity contribution in [2.75, 3.05) is 40.8 Å². The van der Waals surface area contributed by atoms with Gasteiger partial charge >= 0.3 is 0 Å². The number of unbranched alkanes of at least 4 members (excludes halogenated alkanes) is 6. The summed E-state index contributed by atoms with van der Waals surface area (Å²) in [5.41, 5.74) is 0.685. The van der Waals surface area contributed by atoms with Crippen LogP contribution in [0.1, 0.15) is 62.2 Å². The molecule has 5 heteroatoms. The Kier molecular flexibility index (Phi) is 13.8. The number of rotatable bonds is 13. The minimum Gasteiger partial charge on any atom is -1.00 e. The van der Waals surface area contributed by atoms with Crippen LogP contribution in [0.5, 0.6) is 5.75 Å². The third-order valence-electron chi connectivity index (χ3n) is 4.20. The van der Waals surface area contributed by atoms with Gasteiger partial charge in [-0.2, -0.15) is 0 Å². The maximum atomic E-state index is 12.1. The molecule has 1 rings (SSSR count). The second kappa shape index (κ2) is 14.3. The van der Waals surface area contributed by atoms with Crippen molar-refractivity contribution < 1.29 is 38.0 Å². The normalized spacial score (nSPS) is 10.9. The van der Waals surface area contributed by atoms with Crippen LogP contribution in [0.4, 0.5) is 0 Å². The van der Waals surface area contributed by atoms with E-state index in [1.54, 1.807) is 0 Å². The molecule has 0 aliphatic heterocycles. The van der Waals surface area contributed by atoms with Crippen LogP contribution in [-0.4, -0.2) is 51.2 Å². The van der Waals surface area contributed by atoms with Gasteiger partial charge in [0, 0.05) is 5.56 Å². The largest absolute Gasteiger partial charge is 1.00 e. The molecule has 150 valence electrons. The number of carbonyl (C=O) groups excluding carboxylic acids is 1. The zero-order valence-electron chi connectivity index (χ0n) is 17.0. The first-order valence-corrected chi connectivity index (χ1v) is 9.74. The molecule has 1 amide bonds. The summed E-state index contributed by atoms with van der Waals surface area (Å²) in [6.45, 7) is 4.58. The van der Waals surface area contributed by atoms with Crippen LogP contribution >= 0.6 is 0 Å². The standard InChI is InChI=1S/C21H36N2O2.HI/c1-5-6-7-8-9-10-11-18-25-20-14-12-19(13-15-20)21(24)22-16-17-23(2,3)4;/h12-15H,5-11,16-18H2,1-4H3;1H. The molecule has 26 heavy (non-hydrogen) atoms. The second-order valence-corrected chi connectivity index (χ2v) is 7.76. The molecule has 1 N–H and O–H groups in total. The summed E-state index contributed by atoms with van der Waals surface area (Å²) >= 11 is 0. The number of nitrogens with one attached hydrogen (secondary N) is 1. The summed E-state index contributed by atoms with van der Waals surface area (Å²) in [4.78, 5) is 12.1. The van der Waals surface area contributed by atoms with E-state index < -0.39 is 0 Å². The number of likely N-dealkylation sites (N-methyl/N-ethyl adjacent to an activating group) is 1. The zero-order chi connectivity index (χ0) is 18.5. The summed E-state index contributed by atoms with van der Waals surface area (Å²) in [7, 11) is 6.34. The van der Waals surface area contributed by atoms with Crippen LogP contribution in [0.3, 0.4) is 0 Å². The third kappa shape index (κ3) is 12.5. The van der Waals surface area contributed by atoms with E-state index >= 15 is 0 Å². The maximum absolute atomic E-state index is 12.1. The number of benzene rings is 1. The molecule has 0 aliphatic rings. The molecule has 0 spiro atoms. The lowest BCUT2D eigenvalue weighted by atomic mass is 10.1. The SMILES string of the molecule is CCCCCCCCCOc1ccc(C(=O)NCC[N+](C)(C)C)cc1.[I-]. The first-order chi connectivity index (χ1) is 11.9. The smallest absolute Gasteiger partial charge is 0.251 e. The molecular formula is C21H37IN2O2. The van der Waals surface area contributed by atoms with Crippen molar-refractivity contribution in [3.63, 3.8) is 0 Å². The van der Waals surface area contributed by atoms with Crippen molar-refractivity contribution in [1.82, 2.24) is 5.32 Å². The van der Waals surface area contributed by atoms with Crippen molar-refractivity contribution in [3.05, 3.63) is 29.8 Å². The first-order valence-electron chi connectivity index (χ1n) is 9.74. The molecule has 0 saturated carbocycles. The van der Waals surface area contributed by atoms with Crippen LogP contribution in [-0.2, 0) is 0 Å². The summed E-state index contributed by atoms with van der Waals surface area (Å²) in [6.07, 6.45) is 8.98. The molecule has 0 aromatic heterocycles. The third-order valence-corrected chi connectivity index (χ3v) is 4.20. The maximum Gasteiger partial charge on any atom is 0.251 e. The number of quaternary nitrogens is 1. The van der Waals surface area contributed by atoms with Gasteiger partial charge < -0.3 is 38.5 Å². The quantitative estimate of drug-likeness (QED) is 0.265. The molecule has 0 aliphatic carbocycles. The van der Waals surface area contributed by atoms with E-state index in [9.17, 15) is 4.79 Å². The lowest BCUT2D eigenvalue weighted by Gasteiger charge is -2.23. The Labute approximate surface area is 177 Å². The Morgan fingerprint density at radius 1 is 0.962 bits per heavy atom. The Balaban J connectivity index is 0.00000625. The average Bonchev–Trinajstić information content (AvgIpc) is 2.56. The van der Waals surface area contributed by atoms with Gasteiger partial charge in [-0.1, -0.05) is 45.4 Å². The van der Waals surface area contributed by atoms with Crippen LogP contribution in [0.2, 0.25) is 0 Å². The topological polar surface area (TPSA) is 38.3 Å². The molecular weight excluding hydrogens is 439 g/mol. The fraction of sp³-hybridized carbons (Fsp3) is 0.667. The van der Waals surface area contributed by atoms with E-state index in [0.29, 0.717) is 12.1 Å². The number of halogens is 1. The molecule has 0 fully saturated rings. The number of nitrogens with zero attached hydrogens (tertiary/aromatic N) is 1. The molecule has 0 unspecified atom stereocenters. The van der Waals surface area contributed by atoms with Crippen molar-refractivity contribution in [2.24, 2.45) is 0 Å². The van der Waals surface area contributed by atoms with E-state index in [1.165, 1.54) is 38.5 Å². The first kappa shape index (κ1) is 25.2. The summed E-state index contributed by atoms with van der Waals surface area (Å²) in [6, 6.07) is 7.44. The Morgan fingerprint density at radius 3 is 2.12 bits per heavy atom. The number of carbonyl (C=O) groups is 1. The molecule has 0 bridgehead atoms. The van der Waals surface area contributed by atoms with Crippen molar-refractivity contribution >= 4 is 5.91 Å². The van der Waals surface area contributed by atoms with Gasteiger partial charge in [-0.25, -0.2) is 0 Å². The second-order valence-electron chi connectivity index (χ2n) is 7.76. The predicted molar refractivity (Wildman–Crippen MR) is 105 cm³/mol. The zero-order valence-corrected chi connectivity index (χ0v) is 19.2. The highest BCUT2D eigenvalue weighted by molar-refractivity contribution is 5.94. The van der Waals surface area contributed by atoms with Crippen molar-refractivity contribution in [1.29, 1.82) is 0 Å². The highest BCUT2D eigenvalue weighted by Gasteiger charge is 2.09. The van der Waals surface area contributed by atoms with Gasteiger partial charge in [0.05, 0.1) is 40.8 Å². The van der Waals surface area contributed by atoms with Crippen LogP contribution in [0, 0.1) is 0 Å². The Hall–Kier alpha value is -0.820. The minimum atomic E-state index is -0.0212. The van der Waals surface area contributed by atoms with Gasteiger partial charge in [-0.3, -0.25) is 4.79 Å². The highest BCUT2D eigenvalue weighted by atomic mass is 127. The van der Waals surface area contributed by atoms with E-state index in [-0.39, 0.29) is 29.9 Å². The fourth-order valence-electron chi connectivity index (χ4n) is 2.56. The predicted octanol–water partition coefficient (Wildman–Crippen LogP) is 1.26. The summed E-state index contributed by atoms with van der Waals surface area (Å²) < 4.78 is 6.60. The monoisotopic (exact) mass is 476 g/mol. The molecule has 0 saturated heterocycles. The van der Waals surface area contributed by atoms with Gasteiger partial charge in [-0.15, -0.1) is 0 Å². The molecule has 0 atom stereocenters. The summed E-state index contributed by atoms with van der Waals surface area (Å²) in [5, 5.41) is 2.96. The number of hydrogen-bond acceptors (Lipinski definition) is 2. The highest BCUT2D eigenvalue weighted by Crippen LogP contribution is 2.13. The van der Waals surface area contributed by atoms with Gasteiger partial charge in [-0.05, 0) is 30.7 Å². The van der Waals surface area contributed by atoms with Gasteiger partial charge in [0.25, 0.3) is 5.91 Å². The molecule has 0 heterocycles. The average molecular weight is 476 g/mol. The minimum absolute atomic E-state index is 0. The molecule has 4 nitrogen and oxygen atoms in total. The Morgan fingerprint density at radius 2 is 1.54 bits per heavy atom. The van der Waals surface area contributed by atoms with Crippen molar-refractivity contribution in [3.8, 4) is 5.75 Å². The summed E-state index contributed by atoms with van der Waals surface area (Å²) in [5.74, 6) is 0.820. The fourth-order valence-corrected chi connectivity index (χ4v) is 2.56. The number of amides is 1. The van der Waals surface area contributed by atoms with E-state index in [1.807, 2.05) is 24.3 Å².